The first kappa shape index (κ1) is 17.5. The van der Waals surface area contributed by atoms with E-state index in [0.717, 1.165) is 16.7 Å². The number of phenolic OH excluding ortho intramolecular Hbond substituents is 1. The van der Waals surface area contributed by atoms with E-state index in [9.17, 15) is 9.67 Å². The minimum atomic E-state index is -4.10. The van der Waals surface area contributed by atoms with Gasteiger partial charge < -0.3 is 19.6 Å². The molecule has 0 amide bonds. The molecule has 0 bridgehead atoms. The average Bonchev–Trinajstić information content (AvgIpc) is 2.43. The molecule has 0 radical (unpaired) electrons. The van der Waals surface area contributed by atoms with E-state index >= 15 is 0 Å². The van der Waals surface area contributed by atoms with Gasteiger partial charge in [0.25, 0.3) is 0 Å². The summed E-state index contributed by atoms with van der Waals surface area (Å²) in [6.45, 7) is 5.61. The van der Waals surface area contributed by atoms with Gasteiger partial charge in [-0.3, -0.25) is 4.57 Å². The topological polar surface area (TPSA) is 87.0 Å². The highest BCUT2D eigenvalue weighted by atomic mass is 31.2. The van der Waals surface area contributed by atoms with Crippen LogP contribution in [0.2, 0.25) is 0 Å². The van der Waals surface area contributed by atoms with E-state index in [1.807, 2.05) is 13.8 Å². The quantitative estimate of drug-likeness (QED) is 0.717. The number of ether oxygens (including phenoxy) is 1. The molecule has 0 spiro atoms. The summed E-state index contributed by atoms with van der Waals surface area (Å²) in [6.07, 6.45) is 0.404. The van der Waals surface area contributed by atoms with Gasteiger partial charge in [-0.15, -0.1) is 0 Å². The van der Waals surface area contributed by atoms with Crippen LogP contribution in [0.4, 0.5) is 0 Å². The highest BCUT2D eigenvalue weighted by molar-refractivity contribution is 7.50. The largest absolute Gasteiger partial charge is 0.508 e. The van der Waals surface area contributed by atoms with Crippen molar-refractivity contribution in [1.82, 2.24) is 0 Å². The zero-order chi connectivity index (χ0) is 17.2. The van der Waals surface area contributed by atoms with Gasteiger partial charge in [-0.1, -0.05) is 19.1 Å². The van der Waals surface area contributed by atoms with Crippen molar-refractivity contribution in [3.05, 3.63) is 52.6 Å². The van der Waals surface area contributed by atoms with Crippen molar-refractivity contribution in [2.75, 3.05) is 0 Å². The predicted molar refractivity (Wildman–Crippen MR) is 89.2 cm³/mol. The first-order valence-electron chi connectivity index (χ1n) is 7.34. The zero-order valence-corrected chi connectivity index (χ0v) is 14.3. The highest BCUT2D eigenvalue weighted by Gasteiger charge is 2.17. The number of benzene rings is 2. The lowest BCUT2D eigenvalue weighted by Crippen LogP contribution is -1.97. The Balaban J connectivity index is 2.38. The number of aromatic hydroxyl groups is 1. The van der Waals surface area contributed by atoms with E-state index in [0.29, 0.717) is 23.5 Å². The molecule has 124 valence electrons. The fourth-order valence-corrected chi connectivity index (χ4v) is 3.13. The molecule has 0 aliphatic rings. The molecule has 5 nitrogen and oxygen atoms in total. The lowest BCUT2D eigenvalue weighted by molar-refractivity contribution is 0.371. The van der Waals surface area contributed by atoms with Gasteiger partial charge in [-0.25, -0.2) is 0 Å². The third-order valence-corrected chi connectivity index (χ3v) is 4.35. The van der Waals surface area contributed by atoms with Crippen LogP contribution in [-0.2, 0) is 17.1 Å². The van der Waals surface area contributed by atoms with Gasteiger partial charge in [0.1, 0.15) is 17.2 Å². The average molecular weight is 336 g/mol. The van der Waals surface area contributed by atoms with E-state index in [2.05, 4.69) is 0 Å². The molecule has 0 aromatic heterocycles. The summed E-state index contributed by atoms with van der Waals surface area (Å²) in [7, 11) is -4.10. The molecule has 0 fully saturated rings. The summed E-state index contributed by atoms with van der Waals surface area (Å²) in [4.78, 5) is 18.3. The Kier molecular flexibility index (Phi) is 5.15. The molecule has 0 unspecified atom stereocenters. The Labute approximate surface area is 135 Å². The van der Waals surface area contributed by atoms with Crippen molar-refractivity contribution in [3.63, 3.8) is 0 Å². The fourth-order valence-electron chi connectivity index (χ4n) is 2.47. The number of rotatable bonds is 5. The van der Waals surface area contributed by atoms with Crippen LogP contribution in [0.15, 0.2) is 30.3 Å². The smallest absolute Gasteiger partial charge is 0.329 e. The molecule has 2 aromatic carbocycles. The number of hydrogen-bond donors (Lipinski definition) is 3. The lowest BCUT2D eigenvalue weighted by Gasteiger charge is -2.16. The summed E-state index contributed by atoms with van der Waals surface area (Å²) >= 11 is 0. The van der Waals surface area contributed by atoms with Gasteiger partial charge in [0.05, 0.1) is 6.16 Å². The molecule has 0 saturated heterocycles. The van der Waals surface area contributed by atoms with Gasteiger partial charge in [0.2, 0.25) is 0 Å². The Hall–Kier alpha value is -1.81. The zero-order valence-electron chi connectivity index (χ0n) is 13.4. The molecule has 0 atom stereocenters. The molecular formula is C17H21O5P. The Morgan fingerprint density at radius 1 is 1.09 bits per heavy atom. The summed E-state index contributed by atoms with van der Waals surface area (Å²) < 4.78 is 17.1. The van der Waals surface area contributed by atoms with Crippen molar-refractivity contribution in [3.8, 4) is 17.2 Å². The fraction of sp³-hybridized carbons (Fsp3) is 0.294. The summed E-state index contributed by atoms with van der Waals surface area (Å²) in [6, 6.07) is 8.52. The van der Waals surface area contributed by atoms with E-state index in [4.69, 9.17) is 14.5 Å². The predicted octanol–water partition coefficient (Wildman–Crippen LogP) is 4.04. The van der Waals surface area contributed by atoms with Crippen LogP contribution in [-0.4, -0.2) is 14.9 Å². The van der Waals surface area contributed by atoms with Crippen LogP contribution in [0.1, 0.15) is 29.2 Å². The normalized spacial score (nSPS) is 11.5. The van der Waals surface area contributed by atoms with Crippen molar-refractivity contribution >= 4 is 7.60 Å². The second-order valence-corrected chi connectivity index (χ2v) is 7.27. The Morgan fingerprint density at radius 3 is 2.35 bits per heavy atom. The summed E-state index contributed by atoms with van der Waals surface area (Å²) in [5, 5.41) is 9.58. The van der Waals surface area contributed by atoms with E-state index in [1.165, 1.54) is 0 Å². The van der Waals surface area contributed by atoms with Gasteiger partial charge >= 0.3 is 7.60 Å². The maximum atomic E-state index is 11.2. The molecular weight excluding hydrogens is 315 g/mol. The van der Waals surface area contributed by atoms with Gasteiger partial charge in [-0.2, -0.15) is 0 Å². The maximum absolute atomic E-state index is 11.2. The molecule has 0 aliphatic carbocycles. The molecule has 2 rings (SSSR count). The SMILES string of the molecule is CCc1cc(CP(=O)(O)O)cc(C)c1Oc1ccc(O)c(C)c1. The highest BCUT2D eigenvalue weighted by Crippen LogP contribution is 2.41. The van der Waals surface area contributed by atoms with Crippen LogP contribution in [0, 0.1) is 13.8 Å². The second-order valence-electron chi connectivity index (χ2n) is 5.63. The number of hydrogen-bond acceptors (Lipinski definition) is 3. The van der Waals surface area contributed by atoms with Crippen molar-refractivity contribution < 1.29 is 24.2 Å². The second kappa shape index (κ2) is 6.75. The molecule has 3 N–H and O–H groups in total. The van der Waals surface area contributed by atoms with Crippen molar-refractivity contribution in [2.24, 2.45) is 0 Å². The molecule has 2 aromatic rings. The van der Waals surface area contributed by atoms with E-state index in [1.54, 1.807) is 37.3 Å². The minimum Gasteiger partial charge on any atom is -0.508 e. The Morgan fingerprint density at radius 2 is 1.78 bits per heavy atom. The first-order valence-corrected chi connectivity index (χ1v) is 9.14. The van der Waals surface area contributed by atoms with Gasteiger partial charge in [0.15, 0.2) is 0 Å². The molecule has 0 aliphatic heterocycles. The van der Waals surface area contributed by atoms with Crippen molar-refractivity contribution in [2.45, 2.75) is 33.4 Å². The minimum absolute atomic E-state index is 0.210. The van der Waals surface area contributed by atoms with Crippen LogP contribution >= 0.6 is 7.60 Å². The Bertz CT molecular complexity index is 764. The number of phenols is 1. The first-order chi connectivity index (χ1) is 10.7. The maximum Gasteiger partial charge on any atom is 0.329 e. The van der Waals surface area contributed by atoms with Crippen LogP contribution < -0.4 is 4.74 Å². The molecule has 23 heavy (non-hydrogen) atoms. The van der Waals surface area contributed by atoms with E-state index in [-0.39, 0.29) is 11.9 Å². The molecule has 0 saturated carbocycles. The van der Waals surface area contributed by atoms with Crippen LogP contribution in [0.5, 0.6) is 17.2 Å². The number of aryl methyl sites for hydroxylation is 3. The van der Waals surface area contributed by atoms with Crippen LogP contribution in [0.3, 0.4) is 0 Å². The summed E-state index contributed by atoms with van der Waals surface area (Å²) in [5.41, 5.74) is 3.02. The van der Waals surface area contributed by atoms with Gasteiger partial charge in [0, 0.05) is 0 Å². The van der Waals surface area contributed by atoms with Gasteiger partial charge in [-0.05, 0) is 60.7 Å². The summed E-state index contributed by atoms with van der Waals surface area (Å²) in [5.74, 6) is 1.51. The monoisotopic (exact) mass is 336 g/mol. The van der Waals surface area contributed by atoms with E-state index < -0.39 is 7.60 Å². The molecule has 0 heterocycles. The van der Waals surface area contributed by atoms with Crippen LogP contribution in [0.25, 0.3) is 0 Å². The third-order valence-electron chi connectivity index (χ3n) is 3.57. The third kappa shape index (κ3) is 4.58. The lowest BCUT2D eigenvalue weighted by atomic mass is 10.0. The standard InChI is InChI=1S/C17H21O5P/c1-4-14-9-13(10-23(19,20)21)7-12(3)17(14)22-15-5-6-16(18)11(2)8-15/h5-9,18H,4,10H2,1-3H3,(H2,19,20,21). The van der Waals surface area contributed by atoms with Crippen molar-refractivity contribution in [1.29, 1.82) is 0 Å². The molecule has 6 heteroatoms.